The number of aliphatic hydroxyl groups excluding tert-OH is 1. The van der Waals surface area contributed by atoms with Crippen LogP contribution in [0.5, 0.6) is 5.75 Å². The van der Waals surface area contributed by atoms with Gasteiger partial charge < -0.3 is 35.5 Å². The van der Waals surface area contributed by atoms with Crippen LogP contribution in [-0.2, 0) is 30.7 Å². The van der Waals surface area contributed by atoms with Crippen LogP contribution in [0, 0.1) is 11.8 Å². The predicted octanol–water partition coefficient (Wildman–Crippen LogP) is 2.08. The molecule has 2 aliphatic heterocycles. The van der Waals surface area contributed by atoms with Crippen LogP contribution in [0.2, 0.25) is 0 Å². The second kappa shape index (κ2) is 12.5. The molecule has 0 radical (unpaired) electrons. The molecule has 12 heteroatoms. The van der Waals surface area contributed by atoms with E-state index in [9.17, 15) is 23.4 Å². The number of carbonyl (C=O) groups is 1. The van der Waals surface area contributed by atoms with Crippen molar-refractivity contribution >= 4 is 21.8 Å². The Hall–Kier alpha value is -2.90. The molecule has 1 unspecified atom stereocenters. The molecular formula is C27H37N3O8S. The largest absolute Gasteiger partial charge is 0.506 e. The van der Waals surface area contributed by atoms with Crippen LogP contribution in [0.15, 0.2) is 53.4 Å². The molecular weight excluding hydrogens is 526 g/mol. The molecule has 2 saturated heterocycles. The fourth-order valence-corrected chi connectivity index (χ4v) is 6.51. The number of phenols is 1. The number of nitrogens with zero attached hydrogens (tertiary/aromatic N) is 1. The van der Waals surface area contributed by atoms with E-state index >= 15 is 0 Å². The van der Waals surface area contributed by atoms with Gasteiger partial charge in [0.1, 0.15) is 11.9 Å². The van der Waals surface area contributed by atoms with Crippen LogP contribution in [0.1, 0.15) is 25.8 Å². The zero-order valence-electron chi connectivity index (χ0n) is 22.1. The summed E-state index contributed by atoms with van der Waals surface area (Å²) in [6.07, 6.45) is -1.89. The van der Waals surface area contributed by atoms with E-state index in [1.165, 1.54) is 12.1 Å². The number of carbonyl (C=O) groups excluding carboxylic acids is 1. The third-order valence-electron chi connectivity index (χ3n) is 6.91. The third kappa shape index (κ3) is 7.20. The molecule has 214 valence electrons. The highest BCUT2D eigenvalue weighted by Crippen LogP contribution is 2.33. The average Bonchev–Trinajstić information content (AvgIpc) is 3.50. The van der Waals surface area contributed by atoms with Crippen molar-refractivity contribution < 1.29 is 37.6 Å². The van der Waals surface area contributed by atoms with Crippen LogP contribution in [-0.4, -0.2) is 79.9 Å². The Labute approximate surface area is 228 Å². The number of nitrogen functional groups attached to an aromatic ring is 1. The molecule has 0 saturated carbocycles. The van der Waals surface area contributed by atoms with Crippen molar-refractivity contribution in [2.75, 3.05) is 32.0 Å². The highest BCUT2D eigenvalue weighted by Gasteiger charge is 2.44. The maximum absolute atomic E-state index is 13.5. The molecule has 2 fully saturated rings. The molecule has 5 N–H and O–H groups in total. The van der Waals surface area contributed by atoms with Gasteiger partial charge in [-0.1, -0.05) is 44.2 Å². The molecule has 0 spiro atoms. The average molecular weight is 564 g/mol. The van der Waals surface area contributed by atoms with Gasteiger partial charge in [0.15, 0.2) is 6.29 Å². The number of ether oxygens (including phenoxy) is 3. The number of aliphatic hydroxyl groups is 1. The number of fused-ring (bicyclic) bond motifs is 1. The van der Waals surface area contributed by atoms with Crippen LogP contribution < -0.4 is 11.1 Å². The summed E-state index contributed by atoms with van der Waals surface area (Å²) in [5.74, 6) is -0.460. The van der Waals surface area contributed by atoms with Gasteiger partial charge in [-0.05, 0) is 36.5 Å². The number of hydrogen-bond acceptors (Lipinski definition) is 9. The molecule has 5 atom stereocenters. The minimum Gasteiger partial charge on any atom is -0.506 e. The van der Waals surface area contributed by atoms with Crippen molar-refractivity contribution in [2.24, 2.45) is 11.8 Å². The summed E-state index contributed by atoms with van der Waals surface area (Å²) in [5, 5.41) is 24.1. The minimum absolute atomic E-state index is 0.0451. The van der Waals surface area contributed by atoms with Crippen molar-refractivity contribution in [1.82, 2.24) is 9.62 Å². The van der Waals surface area contributed by atoms with Crippen LogP contribution in [0.4, 0.5) is 10.5 Å². The number of rotatable bonds is 11. The van der Waals surface area contributed by atoms with Crippen LogP contribution in [0.3, 0.4) is 0 Å². The zero-order chi connectivity index (χ0) is 28.2. The quantitative estimate of drug-likeness (QED) is 0.237. The summed E-state index contributed by atoms with van der Waals surface area (Å²) in [6, 6.07) is 12.1. The number of nitrogens with one attached hydrogen (secondary N) is 1. The normalized spacial score (nSPS) is 22.5. The van der Waals surface area contributed by atoms with Crippen molar-refractivity contribution in [3.63, 3.8) is 0 Å². The Morgan fingerprint density at radius 3 is 2.62 bits per heavy atom. The summed E-state index contributed by atoms with van der Waals surface area (Å²) < 4.78 is 44.9. The molecule has 4 rings (SSSR count). The van der Waals surface area contributed by atoms with Crippen molar-refractivity contribution in [3.05, 3.63) is 54.1 Å². The highest BCUT2D eigenvalue weighted by molar-refractivity contribution is 7.89. The monoisotopic (exact) mass is 563 g/mol. The number of sulfonamides is 1. The number of nitrogens with two attached hydrogens (primary N) is 1. The van der Waals surface area contributed by atoms with Gasteiger partial charge >= 0.3 is 6.09 Å². The number of anilines is 1. The summed E-state index contributed by atoms with van der Waals surface area (Å²) in [6.45, 7) is 4.29. The molecule has 1 amide bonds. The molecule has 2 aromatic carbocycles. The maximum atomic E-state index is 13.5. The molecule has 0 bridgehead atoms. The smallest absolute Gasteiger partial charge is 0.407 e. The third-order valence-corrected chi connectivity index (χ3v) is 8.74. The number of amides is 1. The van der Waals surface area contributed by atoms with Crippen molar-refractivity contribution in [3.8, 4) is 5.75 Å². The summed E-state index contributed by atoms with van der Waals surface area (Å²) in [7, 11) is -4.11. The van der Waals surface area contributed by atoms with E-state index < -0.39 is 34.4 Å². The van der Waals surface area contributed by atoms with Crippen LogP contribution >= 0.6 is 0 Å². The molecule has 2 aromatic rings. The lowest BCUT2D eigenvalue weighted by Crippen LogP contribution is -2.51. The van der Waals surface area contributed by atoms with Crippen molar-refractivity contribution in [1.29, 1.82) is 0 Å². The molecule has 39 heavy (non-hydrogen) atoms. The number of alkyl carbamates (subject to hydrolysis) is 1. The number of hydrogen-bond donors (Lipinski definition) is 4. The van der Waals surface area contributed by atoms with E-state index in [-0.39, 0.29) is 60.6 Å². The Balaban J connectivity index is 1.52. The fourth-order valence-electron chi connectivity index (χ4n) is 4.87. The standard InChI is InChI=1S/C27H37N3O8S/c1-17(2)14-30(39(34,35)19-8-9-21(28)23(31)13-19)15-24(32)22(12-18-6-4-3-5-7-18)29-27(33)38-25-16-37-26-20(25)10-11-36-26/h3-9,13,17,20,22,24-26,31-32H,10-12,14-16,28H2,1-2H3,(H,29,33)/t20-,22?,24+,25-,26+/m0/s1. The van der Waals surface area contributed by atoms with Crippen LogP contribution in [0.25, 0.3) is 0 Å². The fraction of sp³-hybridized carbons (Fsp3) is 0.519. The zero-order valence-corrected chi connectivity index (χ0v) is 22.9. The van der Waals surface area contributed by atoms with Gasteiger partial charge in [-0.25, -0.2) is 13.2 Å². The lowest BCUT2D eigenvalue weighted by atomic mass is 10.0. The summed E-state index contributed by atoms with van der Waals surface area (Å²) in [5.41, 5.74) is 6.55. The van der Waals surface area contributed by atoms with Gasteiger partial charge in [0.05, 0.1) is 41.9 Å². The topological polar surface area (TPSA) is 161 Å². The summed E-state index contributed by atoms with van der Waals surface area (Å²) in [4.78, 5) is 12.8. The second-order valence-electron chi connectivity index (χ2n) is 10.4. The molecule has 0 aliphatic carbocycles. The van der Waals surface area contributed by atoms with E-state index in [1.54, 1.807) is 0 Å². The van der Waals surface area contributed by atoms with Gasteiger partial charge in [-0.15, -0.1) is 0 Å². The molecule has 2 heterocycles. The predicted molar refractivity (Wildman–Crippen MR) is 143 cm³/mol. The van der Waals surface area contributed by atoms with Gasteiger partial charge in [-0.3, -0.25) is 0 Å². The Kier molecular flexibility index (Phi) is 9.34. The van der Waals surface area contributed by atoms with E-state index in [1.807, 2.05) is 44.2 Å². The molecule has 0 aromatic heterocycles. The lowest BCUT2D eigenvalue weighted by Gasteiger charge is -2.31. The first-order valence-corrected chi connectivity index (χ1v) is 14.5. The van der Waals surface area contributed by atoms with E-state index in [2.05, 4.69) is 5.32 Å². The van der Waals surface area contributed by atoms with E-state index in [0.29, 0.717) is 6.61 Å². The van der Waals surface area contributed by atoms with Gasteiger partial charge in [0, 0.05) is 19.2 Å². The Morgan fingerprint density at radius 2 is 1.92 bits per heavy atom. The second-order valence-corrected chi connectivity index (χ2v) is 12.4. The lowest BCUT2D eigenvalue weighted by molar-refractivity contribution is -0.0907. The van der Waals surface area contributed by atoms with E-state index in [4.69, 9.17) is 19.9 Å². The van der Waals surface area contributed by atoms with Crippen molar-refractivity contribution in [2.45, 2.75) is 56.1 Å². The number of benzene rings is 2. The first-order chi connectivity index (χ1) is 18.5. The Bertz CT molecular complexity index is 1230. The maximum Gasteiger partial charge on any atom is 0.407 e. The first kappa shape index (κ1) is 29.1. The minimum atomic E-state index is -4.11. The number of phenolic OH excluding ortho intramolecular Hbond substituents is 1. The van der Waals surface area contributed by atoms with Gasteiger partial charge in [0.25, 0.3) is 0 Å². The van der Waals surface area contributed by atoms with Gasteiger partial charge in [-0.2, -0.15) is 4.31 Å². The first-order valence-electron chi connectivity index (χ1n) is 13.1. The SMILES string of the molecule is CC(C)CN(C[C@@H](O)C(Cc1ccccc1)NC(=O)O[C@H]1CO[C@H]2OCC[C@H]21)S(=O)(=O)c1ccc(N)c(O)c1. The number of aromatic hydroxyl groups is 1. The summed E-state index contributed by atoms with van der Waals surface area (Å²) >= 11 is 0. The highest BCUT2D eigenvalue weighted by atomic mass is 32.2. The van der Waals surface area contributed by atoms with Gasteiger partial charge in [0.2, 0.25) is 10.0 Å². The Morgan fingerprint density at radius 1 is 1.18 bits per heavy atom. The molecule has 11 nitrogen and oxygen atoms in total. The molecule has 2 aliphatic rings. The van der Waals surface area contributed by atoms with E-state index in [0.717, 1.165) is 22.4 Å².